The molecule has 2 N–H and O–H groups in total. The highest BCUT2D eigenvalue weighted by Gasteiger charge is 2.17. The van der Waals surface area contributed by atoms with Gasteiger partial charge in [0.05, 0.1) is 11.1 Å². The van der Waals surface area contributed by atoms with Gasteiger partial charge in [-0.05, 0) is 24.3 Å². The summed E-state index contributed by atoms with van der Waals surface area (Å²) in [6.45, 7) is 0. The number of nitrogens with zero attached hydrogens (tertiary/aromatic N) is 1. The number of carboxylic acid groups (broad SMARTS) is 1. The molecule has 2 rings (SSSR count). The van der Waals surface area contributed by atoms with Gasteiger partial charge in [0.2, 0.25) is 5.95 Å². The first-order valence-electron chi connectivity index (χ1n) is 5.53. The number of amides is 1. The van der Waals surface area contributed by atoms with Crippen LogP contribution in [-0.2, 0) is 0 Å². The fourth-order valence-corrected chi connectivity index (χ4v) is 1.81. The number of carbonyl (C=O) groups is 2. The monoisotopic (exact) mass is 312 g/mol. The maximum atomic E-state index is 13.4. The summed E-state index contributed by atoms with van der Waals surface area (Å²) in [5.41, 5.74) is -0.667. The molecule has 0 spiro atoms. The lowest BCUT2D eigenvalue weighted by molar-refractivity contribution is 0.0696. The van der Waals surface area contributed by atoms with E-state index in [1.807, 2.05) is 0 Å². The third kappa shape index (κ3) is 3.32. The summed E-state index contributed by atoms with van der Waals surface area (Å²) in [6.07, 6.45) is 0.938. The zero-order valence-electron chi connectivity index (χ0n) is 10.2. The first kappa shape index (κ1) is 14.9. The number of anilines is 1. The Balaban J connectivity index is 2.31. The van der Waals surface area contributed by atoms with Gasteiger partial charge in [-0.3, -0.25) is 4.79 Å². The molecule has 1 amide bonds. The van der Waals surface area contributed by atoms with Gasteiger partial charge in [-0.15, -0.1) is 0 Å². The molecule has 0 saturated heterocycles. The second-order valence-electron chi connectivity index (χ2n) is 3.95. The highest BCUT2D eigenvalue weighted by atomic mass is 35.5. The average molecular weight is 313 g/mol. The van der Waals surface area contributed by atoms with E-state index in [4.69, 9.17) is 16.7 Å². The third-order valence-corrected chi connectivity index (χ3v) is 2.71. The average Bonchev–Trinajstić information content (AvgIpc) is 2.41. The van der Waals surface area contributed by atoms with E-state index in [2.05, 4.69) is 10.3 Å². The van der Waals surface area contributed by atoms with E-state index in [0.717, 1.165) is 18.3 Å². The number of aromatic carboxylic acids is 1. The Bertz CT molecular complexity index is 737. The van der Waals surface area contributed by atoms with Crippen molar-refractivity contribution in [1.82, 2.24) is 4.98 Å². The van der Waals surface area contributed by atoms with Crippen molar-refractivity contribution in [2.75, 3.05) is 5.32 Å². The van der Waals surface area contributed by atoms with Crippen LogP contribution in [-0.4, -0.2) is 22.0 Å². The number of pyridine rings is 1. The smallest absolute Gasteiger partial charge is 0.335 e. The molecule has 1 aromatic heterocycles. The summed E-state index contributed by atoms with van der Waals surface area (Å²) in [7, 11) is 0. The molecule has 0 aliphatic heterocycles. The van der Waals surface area contributed by atoms with Crippen LogP contribution in [0.25, 0.3) is 0 Å². The second kappa shape index (κ2) is 5.84. The number of carboxylic acids is 1. The molecule has 0 atom stereocenters. The molecule has 1 aromatic carbocycles. The first-order valence-corrected chi connectivity index (χ1v) is 5.91. The Morgan fingerprint density at radius 2 is 1.95 bits per heavy atom. The molecule has 0 saturated carbocycles. The van der Waals surface area contributed by atoms with Crippen molar-refractivity contribution in [2.24, 2.45) is 0 Å². The maximum absolute atomic E-state index is 13.4. The van der Waals surface area contributed by atoms with Gasteiger partial charge in [0.15, 0.2) is 5.82 Å². The minimum Gasteiger partial charge on any atom is -0.478 e. The molecular formula is C13H7ClF2N2O3. The molecule has 2 aromatic rings. The topological polar surface area (TPSA) is 79.3 Å². The van der Waals surface area contributed by atoms with E-state index >= 15 is 0 Å². The summed E-state index contributed by atoms with van der Waals surface area (Å²) in [4.78, 5) is 25.8. The van der Waals surface area contributed by atoms with Gasteiger partial charge in [-0.25, -0.2) is 14.2 Å². The predicted octanol–water partition coefficient (Wildman–Crippen LogP) is 2.96. The Kier molecular flexibility index (Phi) is 4.13. The molecule has 0 unspecified atom stereocenters. The minimum atomic E-state index is -1.40. The Hall–Kier alpha value is -2.54. The molecule has 8 heteroatoms. The van der Waals surface area contributed by atoms with Crippen LogP contribution in [0.1, 0.15) is 20.7 Å². The van der Waals surface area contributed by atoms with Crippen LogP contribution in [0.2, 0.25) is 5.02 Å². The summed E-state index contributed by atoms with van der Waals surface area (Å²) >= 11 is 5.72. The van der Waals surface area contributed by atoms with Crippen molar-refractivity contribution in [2.45, 2.75) is 0 Å². The quantitative estimate of drug-likeness (QED) is 0.854. The number of hydrogen-bond acceptors (Lipinski definition) is 3. The van der Waals surface area contributed by atoms with Crippen LogP contribution < -0.4 is 5.32 Å². The van der Waals surface area contributed by atoms with E-state index in [0.29, 0.717) is 0 Å². The minimum absolute atomic E-state index is 0.0431. The van der Waals surface area contributed by atoms with E-state index in [-0.39, 0.29) is 16.3 Å². The van der Waals surface area contributed by atoms with Gasteiger partial charge in [-0.1, -0.05) is 11.6 Å². The second-order valence-corrected chi connectivity index (χ2v) is 4.39. The number of carbonyl (C=O) groups excluding carboxylic acids is 1. The predicted molar refractivity (Wildman–Crippen MR) is 70.5 cm³/mol. The summed E-state index contributed by atoms with van der Waals surface area (Å²) in [5, 5.41) is 11.2. The van der Waals surface area contributed by atoms with Crippen molar-refractivity contribution in [3.05, 3.63) is 58.4 Å². The molecule has 108 valence electrons. The summed E-state index contributed by atoms with van der Waals surface area (Å²) in [6, 6.07) is 4.60. The zero-order valence-corrected chi connectivity index (χ0v) is 11.0. The van der Waals surface area contributed by atoms with Crippen LogP contribution in [0.15, 0.2) is 30.5 Å². The van der Waals surface area contributed by atoms with Gasteiger partial charge >= 0.3 is 5.97 Å². The third-order valence-electron chi connectivity index (χ3n) is 2.49. The molecule has 0 aliphatic rings. The highest BCUT2D eigenvalue weighted by Crippen LogP contribution is 2.20. The number of hydrogen-bond donors (Lipinski definition) is 2. The Morgan fingerprint density at radius 1 is 1.24 bits per heavy atom. The van der Waals surface area contributed by atoms with Crippen LogP contribution in [0.5, 0.6) is 0 Å². The lowest BCUT2D eigenvalue weighted by Crippen LogP contribution is -2.15. The number of rotatable bonds is 3. The van der Waals surface area contributed by atoms with Gasteiger partial charge in [-0.2, -0.15) is 4.39 Å². The Labute approximate surface area is 122 Å². The van der Waals surface area contributed by atoms with E-state index in [1.165, 1.54) is 12.1 Å². The van der Waals surface area contributed by atoms with Crippen LogP contribution in [0, 0.1) is 11.8 Å². The molecule has 5 nitrogen and oxygen atoms in total. The largest absolute Gasteiger partial charge is 0.478 e. The maximum Gasteiger partial charge on any atom is 0.335 e. The first-order chi connectivity index (χ1) is 9.88. The summed E-state index contributed by atoms with van der Waals surface area (Å²) in [5.74, 6) is -4.99. The zero-order chi connectivity index (χ0) is 15.6. The number of halogens is 3. The molecule has 0 fully saturated rings. The number of aromatic nitrogens is 1. The fraction of sp³-hybridized carbons (Fsp3) is 0. The van der Waals surface area contributed by atoms with Crippen LogP contribution in [0.3, 0.4) is 0 Å². The SMILES string of the molecule is O=C(O)c1cc(Cl)cc(NC(=O)c2ccnc(F)c2F)c1. The number of nitrogens with one attached hydrogen (secondary N) is 1. The molecule has 21 heavy (non-hydrogen) atoms. The van der Waals surface area contributed by atoms with Crippen molar-refractivity contribution < 1.29 is 23.5 Å². The standard InChI is InChI=1S/C13H7ClF2N2O3/c14-7-3-6(13(20)21)4-8(5-7)18-12(19)9-1-2-17-11(16)10(9)15/h1-5H,(H,18,19)(H,20,21). The fourth-order valence-electron chi connectivity index (χ4n) is 1.58. The van der Waals surface area contributed by atoms with E-state index in [1.54, 1.807) is 0 Å². The molecule has 0 radical (unpaired) electrons. The summed E-state index contributed by atoms with van der Waals surface area (Å²) < 4.78 is 26.4. The van der Waals surface area contributed by atoms with Crippen molar-refractivity contribution >= 4 is 29.2 Å². The Morgan fingerprint density at radius 3 is 2.62 bits per heavy atom. The van der Waals surface area contributed by atoms with Gasteiger partial charge in [0.1, 0.15) is 0 Å². The van der Waals surface area contributed by atoms with E-state index < -0.39 is 29.2 Å². The van der Waals surface area contributed by atoms with E-state index in [9.17, 15) is 18.4 Å². The van der Waals surface area contributed by atoms with Gasteiger partial charge in [0.25, 0.3) is 5.91 Å². The highest BCUT2D eigenvalue weighted by molar-refractivity contribution is 6.31. The lowest BCUT2D eigenvalue weighted by atomic mass is 10.2. The lowest BCUT2D eigenvalue weighted by Gasteiger charge is -2.07. The van der Waals surface area contributed by atoms with Crippen molar-refractivity contribution in [3.8, 4) is 0 Å². The normalized spacial score (nSPS) is 10.2. The van der Waals surface area contributed by atoms with Crippen LogP contribution >= 0.6 is 11.6 Å². The van der Waals surface area contributed by atoms with Gasteiger partial charge in [0, 0.05) is 16.9 Å². The van der Waals surface area contributed by atoms with Gasteiger partial charge < -0.3 is 10.4 Å². The van der Waals surface area contributed by atoms with Crippen molar-refractivity contribution in [3.63, 3.8) is 0 Å². The molecule has 0 bridgehead atoms. The molecule has 0 aliphatic carbocycles. The molecular weight excluding hydrogens is 306 g/mol. The van der Waals surface area contributed by atoms with Crippen LogP contribution in [0.4, 0.5) is 14.5 Å². The van der Waals surface area contributed by atoms with Crippen molar-refractivity contribution in [1.29, 1.82) is 0 Å². The number of benzene rings is 1. The molecule has 1 heterocycles.